The summed E-state index contributed by atoms with van der Waals surface area (Å²) in [5, 5.41) is 22.5. The summed E-state index contributed by atoms with van der Waals surface area (Å²) < 4.78 is 0. The van der Waals surface area contributed by atoms with Gasteiger partial charge in [-0.3, -0.25) is 9.98 Å². The van der Waals surface area contributed by atoms with Gasteiger partial charge in [0.25, 0.3) is 0 Å². The molecule has 238 valence electrons. The van der Waals surface area contributed by atoms with Gasteiger partial charge in [-0.25, -0.2) is 0 Å². The molecule has 0 saturated heterocycles. The molecule has 0 aliphatic rings. The Morgan fingerprint density at radius 1 is 0.568 bits per heavy atom. The number of aromatic hydroxyl groups is 2. The molecule has 0 atom stereocenters. The van der Waals surface area contributed by atoms with E-state index in [2.05, 4.69) is 132 Å². The summed E-state index contributed by atoms with van der Waals surface area (Å²) in [6.07, 6.45) is 4.49. The lowest BCUT2D eigenvalue weighted by Crippen LogP contribution is -2.18. The van der Waals surface area contributed by atoms with Gasteiger partial charge in [0, 0.05) is 53.7 Å². The number of aliphatic imine (C=N–C) groups is 2. The molecular weight excluding hydrogens is 540 g/mol. The Balaban J connectivity index is 1.94. The first-order valence-electron chi connectivity index (χ1n) is 16.0. The van der Waals surface area contributed by atoms with Gasteiger partial charge in [0.05, 0.1) is 0 Å². The Morgan fingerprint density at radius 2 is 0.955 bits per heavy atom. The Kier molecular flexibility index (Phi) is 10.6. The number of phenolic OH excluding ortho intramolecular Hbond substituents is 2. The molecule has 0 aliphatic heterocycles. The second-order valence-corrected chi connectivity index (χ2v) is 16.5. The lowest BCUT2D eigenvalue weighted by molar-refractivity contribution is 0.443. The Hall–Kier alpha value is -3.40. The van der Waals surface area contributed by atoms with Gasteiger partial charge in [0.1, 0.15) is 11.5 Å². The van der Waals surface area contributed by atoms with Crippen molar-refractivity contribution in [2.45, 2.75) is 111 Å². The number of nitrogens with zero attached hydrogens (tertiary/aromatic N) is 2. The van der Waals surface area contributed by atoms with Crippen LogP contribution in [0.15, 0.2) is 64.6 Å². The molecule has 3 aromatic rings. The molecule has 0 aliphatic carbocycles. The fraction of sp³-hybridized carbons (Fsp3) is 0.500. The van der Waals surface area contributed by atoms with E-state index >= 15 is 0 Å². The fourth-order valence-electron chi connectivity index (χ4n) is 5.25. The third-order valence-corrected chi connectivity index (χ3v) is 8.18. The lowest BCUT2D eigenvalue weighted by atomic mass is 9.79. The minimum Gasteiger partial charge on any atom is -0.507 e. The van der Waals surface area contributed by atoms with E-state index in [9.17, 15) is 10.2 Å². The highest BCUT2D eigenvalue weighted by Gasteiger charge is 2.26. The molecule has 0 amide bonds. The Labute approximate surface area is 267 Å². The highest BCUT2D eigenvalue weighted by molar-refractivity contribution is 5.85. The Bertz CT molecular complexity index is 1380. The first-order valence-corrected chi connectivity index (χ1v) is 16.0. The van der Waals surface area contributed by atoms with Crippen LogP contribution in [0.4, 0.5) is 0 Å². The molecule has 0 fully saturated rings. The molecule has 3 aromatic carbocycles. The van der Waals surface area contributed by atoms with Gasteiger partial charge in [-0.15, -0.1) is 0 Å². The highest BCUT2D eigenvalue weighted by atomic mass is 16.3. The maximum Gasteiger partial charge on any atom is 0.128 e. The van der Waals surface area contributed by atoms with Crippen LogP contribution in [0.1, 0.15) is 122 Å². The predicted molar refractivity (Wildman–Crippen MR) is 190 cm³/mol. The average molecular weight is 597 g/mol. The first-order chi connectivity index (χ1) is 20.2. The Morgan fingerprint density at radius 3 is 1.30 bits per heavy atom. The molecule has 0 saturated carbocycles. The van der Waals surface area contributed by atoms with Crippen molar-refractivity contribution in [3.05, 3.63) is 93.5 Å². The minimum absolute atomic E-state index is 0.0520. The molecule has 0 spiro atoms. The number of rotatable bonds is 8. The minimum atomic E-state index is -0.193. The third-order valence-electron chi connectivity index (χ3n) is 8.18. The number of hydrogen-bond donors (Lipinski definition) is 2. The van der Waals surface area contributed by atoms with Crippen molar-refractivity contribution < 1.29 is 10.2 Å². The standard InChI is InChI=1S/C40H56N2O2/c1-37(2,3)31-19-29(35(43)33(21-31)39(7,8)9)25-41-23-28(18-27-16-14-13-15-17-27)24-42-26-30-20-32(38(4,5)6)22-34(36(30)44)40(10,11)12/h13-17,19-22,25-26,28,43-44H,18,23-24H2,1-12H3. The first kappa shape index (κ1) is 35.1. The lowest BCUT2D eigenvalue weighted by Gasteiger charge is -2.27. The maximum atomic E-state index is 11.2. The zero-order valence-electron chi connectivity index (χ0n) is 29.3. The number of benzene rings is 3. The second kappa shape index (κ2) is 13.3. The van der Waals surface area contributed by atoms with Crippen molar-refractivity contribution in [1.29, 1.82) is 0 Å². The summed E-state index contributed by atoms with van der Waals surface area (Å²) in [5.41, 5.74) is 6.48. The fourth-order valence-corrected chi connectivity index (χ4v) is 5.25. The number of phenols is 2. The van der Waals surface area contributed by atoms with E-state index in [-0.39, 0.29) is 27.6 Å². The van der Waals surface area contributed by atoms with Crippen molar-refractivity contribution in [2.24, 2.45) is 15.9 Å². The summed E-state index contributed by atoms with van der Waals surface area (Å²) in [6.45, 7) is 27.1. The van der Waals surface area contributed by atoms with Crippen LogP contribution >= 0.6 is 0 Å². The van der Waals surface area contributed by atoms with Gasteiger partial charge in [-0.2, -0.15) is 0 Å². The monoisotopic (exact) mass is 596 g/mol. The normalized spacial score (nSPS) is 14.1. The van der Waals surface area contributed by atoms with Crippen LogP contribution in [0, 0.1) is 5.92 Å². The van der Waals surface area contributed by atoms with E-state index in [4.69, 9.17) is 9.98 Å². The molecule has 3 rings (SSSR count). The van der Waals surface area contributed by atoms with Gasteiger partial charge in [0.2, 0.25) is 0 Å². The number of hydrogen-bond acceptors (Lipinski definition) is 4. The summed E-state index contributed by atoms with van der Waals surface area (Å²) in [5.74, 6) is 0.751. The van der Waals surface area contributed by atoms with Crippen LogP contribution in [-0.4, -0.2) is 35.7 Å². The van der Waals surface area contributed by atoms with Gasteiger partial charge < -0.3 is 10.2 Å². The van der Waals surface area contributed by atoms with Gasteiger partial charge in [-0.05, 0) is 56.9 Å². The van der Waals surface area contributed by atoms with Crippen LogP contribution in [0.3, 0.4) is 0 Å². The summed E-state index contributed by atoms with van der Waals surface area (Å²) in [4.78, 5) is 9.75. The van der Waals surface area contributed by atoms with Gasteiger partial charge >= 0.3 is 0 Å². The topological polar surface area (TPSA) is 65.2 Å². The van der Waals surface area contributed by atoms with Crippen molar-refractivity contribution in [3.8, 4) is 11.5 Å². The molecule has 0 bridgehead atoms. The van der Waals surface area contributed by atoms with Crippen LogP contribution in [0.2, 0.25) is 0 Å². The van der Waals surface area contributed by atoms with Gasteiger partial charge in [-0.1, -0.05) is 126 Å². The highest BCUT2D eigenvalue weighted by Crippen LogP contribution is 2.38. The SMILES string of the molecule is CC(C)(C)c1cc(C=NCC(CN=Cc2cc(C(C)(C)C)cc(C(C)(C)C)c2O)Cc2ccccc2)c(O)c(C(C)(C)C)c1. The molecule has 0 aromatic heterocycles. The average Bonchev–Trinajstić information content (AvgIpc) is 2.88. The molecule has 4 heteroatoms. The molecular formula is C40H56N2O2. The maximum absolute atomic E-state index is 11.2. The van der Waals surface area contributed by atoms with Crippen molar-refractivity contribution in [2.75, 3.05) is 13.1 Å². The summed E-state index contributed by atoms with van der Waals surface area (Å²) >= 11 is 0. The smallest absolute Gasteiger partial charge is 0.128 e. The molecule has 2 N–H and O–H groups in total. The van der Waals surface area contributed by atoms with E-state index in [0.29, 0.717) is 24.6 Å². The van der Waals surface area contributed by atoms with E-state index in [1.165, 1.54) is 16.7 Å². The van der Waals surface area contributed by atoms with E-state index in [1.54, 1.807) is 0 Å². The van der Waals surface area contributed by atoms with Crippen molar-refractivity contribution in [1.82, 2.24) is 0 Å². The second-order valence-electron chi connectivity index (χ2n) is 16.5. The summed E-state index contributed by atoms with van der Waals surface area (Å²) in [7, 11) is 0. The molecule has 0 heterocycles. The van der Waals surface area contributed by atoms with Crippen LogP contribution in [0.5, 0.6) is 11.5 Å². The van der Waals surface area contributed by atoms with Crippen LogP contribution in [-0.2, 0) is 28.1 Å². The predicted octanol–water partition coefficient (Wildman–Crippen LogP) is 9.68. The van der Waals surface area contributed by atoms with Crippen LogP contribution in [0.25, 0.3) is 0 Å². The summed E-state index contributed by atoms with van der Waals surface area (Å²) in [6, 6.07) is 18.8. The van der Waals surface area contributed by atoms with Gasteiger partial charge in [0.15, 0.2) is 0 Å². The quantitative estimate of drug-likeness (QED) is 0.254. The van der Waals surface area contributed by atoms with E-state index < -0.39 is 0 Å². The van der Waals surface area contributed by atoms with Crippen molar-refractivity contribution >= 4 is 12.4 Å². The zero-order chi connectivity index (χ0) is 33.1. The third kappa shape index (κ3) is 9.30. The zero-order valence-corrected chi connectivity index (χ0v) is 29.3. The van der Waals surface area contributed by atoms with E-state index in [1.807, 2.05) is 18.5 Å². The molecule has 0 radical (unpaired) electrons. The largest absolute Gasteiger partial charge is 0.507 e. The van der Waals surface area contributed by atoms with Crippen LogP contribution < -0.4 is 0 Å². The van der Waals surface area contributed by atoms with Crippen molar-refractivity contribution in [3.63, 3.8) is 0 Å². The van der Waals surface area contributed by atoms with E-state index in [0.717, 1.165) is 28.7 Å². The molecule has 44 heavy (non-hydrogen) atoms. The molecule has 0 unspecified atom stereocenters. The molecule has 4 nitrogen and oxygen atoms in total.